The Morgan fingerprint density at radius 2 is 1.88 bits per heavy atom. The third kappa shape index (κ3) is 4.26. The summed E-state index contributed by atoms with van der Waals surface area (Å²) in [5, 5.41) is 7.36. The minimum Gasteiger partial charge on any atom is -0.481 e. The lowest BCUT2D eigenvalue weighted by molar-refractivity contribution is -0.122. The average molecular weight is 343 g/mol. The molecule has 1 amide bonds. The maximum atomic E-state index is 12.5. The Labute approximate surface area is 148 Å². The number of ketones is 1. The summed E-state index contributed by atoms with van der Waals surface area (Å²) in [4.78, 5) is 23.9. The molecule has 0 bridgehead atoms. The van der Waals surface area contributed by atoms with Crippen LogP contribution < -0.4 is 10.1 Å². The number of ether oxygens (including phenoxy) is 1. The van der Waals surface area contributed by atoms with Crippen LogP contribution in [0.15, 0.2) is 24.3 Å². The lowest BCUT2D eigenvalue weighted by Gasteiger charge is -2.15. The highest BCUT2D eigenvalue weighted by Crippen LogP contribution is 2.23. The Hall–Kier alpha value is -2.63. The van der Waals surface area contributed by atoms with Crippen molar-refractivity contribution in [1.29, 1.82) is 0 Å². The van der Waals surface area contributed by atoms with E-state index in [9.17, 15) is 9.59 Å². The second-order valence-corrected chi connectivity index (χ2v) is 6.42. The van der Waals surface area contributed by atoms with E-state index in [0.717, 1.165) is 11.4 Å². The van der Waals surface area contributed by atoms with Gasteiger partial charge in [0.15, 0.2) is 11.9 Å². The Kier molecular flexibility index (Phi) is 5.62. The third-order valence-electron chi connectivity index (χ3n) is 3.98. The van der Waals surface area contributed by atoms with Crippen LogP contribution in [0, 0.1) is 13.8 Å². The summed E-state index contributed by atoms with van der Waals surface area (Å²) in [7, 11) is 0. The van der Waals surface area contributed by atoms with E-state index in [-0.39, 0.29) is 17.7 Å². The third-order valence-corrected chi connectivity index (χ3v) is 3.98. The van der Waals surface area contributed by atoms with E-state index in [1.807, 2.05) is 32.4 Å². The Bertz CT molecular complexity index is 793. The van der Waals surface area contributed by atoms with Crippen molar-refractivity contribution in [2.45, 2.75) is 53.7 Å². The smallest absolute Gasteiger partial charge is 0.265 e. The molecule has 0 unspecified atom stereocenters. The highest BCUT2D eigenvalue weighted by atomic mass is 16.5. The lowest BCUT2D eigenvalue weighted by Crippen LogP contribution is -2.30. The zero-order valence-electron chi connectivity index (χ0n) is 15.6. The van der Waals surface area contributed by atoms with Gasteiger partial charge in [-0.3, -0.25) is 14.3 Å². The summed E-state index contributed by atoms with van der Waals surface area (Å²) < 4.78 is 7.56. The van der Waals surface area contributed by atoms with Crippen LogP contribution >= 0.6 is 0 Å². The minimum atomic E-state index is -0.705. The Balaban J connectivity index is 2.11. The molecule has 1 aromatic carbocycles. The number of carbonyl (C=O) groups excluding carboxylic acids is 2. The van der Waals surface area contributed by atoms with Gasteiger partial charge in [0, 0.05) is 11.6 Å². The topological polar surface area (TPSA) is 73.2 Å². The van der Waals surface area contributed by atoms with E-state index in [1.54, 1.807) is 31.2 Å². The molecular weight excluding hydrogens is 318 g/mol. The number of aryl methyl sites for hydroxylation is 1. The number of carbonyl (C=O) groups is 2. The van der Waals surface area contributed by atoms with Crippen LogP contribution in [0.5, 0.6) is 5.75 Å². The van der Waals surface area contributed by atoms with E-state index >= 15 is 0 Å². The zero-order chi connectivity index (χ0) is 18.7. The summed E-state index contributed by atoms with van der Waals surface area (Å²) in [5.74, 6) is 0.180. The number of nitrogens with one attached hydrogen (secondary N) is 1. The number of aromatic nitrogens is 2. The van der Waals surface area contributed by atoms with Gasteiger partial charge in [0.1, 0.15) is 5.75 Å². The van der Waals surface area contributed by atoms with Gasteiger partial charge in [-0.25, -0.2) is 0 Å². The van der Waals surface area contributed by atoms with E-state index < -0.39 is 6.10 Å². The van der Waals surface area contributed by atoms with Crippen LogP contribution in [0.2, 0.25) is 0 Å². The van der Waals surface area contributed by atoms with Gasteiger partial charge in [-0.15, -0.1) is 0 Å². The summed E-state index contributed by atoms with van der Waals surface area (Å²) >= 11 is 0. The van der Waals surface area contributed by atoms with Gasteiger partial charge in [0.05, 0.1) is 17.1 Å². The van der Waals surface area contributed by atoms with Crippen LogP contribution in [0.25, 0.3) is 0 Å². The van der Waals surface area contributed by atoms with Crippen molar-refractivity contribution in [3.8, 4) is 5.75 Å². The lowest BCUT2D eigenvalue weighted by atomic mass is 10.1. The first kappa shape index (κ1) is 18.7. The number of hydrogen-bond donors (Lipinski definition) is 1. The molecule has 0 saturated carbocycles. The van der Waals surface area contributed by atoms with Gasteiger partial charge in [0.25, 0.3) is 5.91 Å². The van der Waals surface area contributed by atoms with Crippen molar-refractivity contribution < 1.29 is 14.3 Å². The SMILES string of the molecule is CC(=O)c1cccc(O[C@H](C)C(=O)Nc2c(C)nn(C(C)C)c2C)c1. The number of amides is 1. The van der Waals surface area contributed by atoms with E-state index in [2.05, 4.69) is 10.4 Å². The van der Waals surface area contributed by atoms with Crippen LogP contribution in [-0.2, 0) is 4.79 Å². The van der Waals surface area contributed by atoms with Gasteiger partial charge < -0.3 is 10.1 Å². The monoisotopic (exact) mass is 343 g/mol. The molecule has 0 aliphatic carbocycles. The quantitative estimate of drug-likeness (QED) is 0.812. The van der Waals surface area contributed by atoms with Gasteiger partial charge in [0.2, 0.25) is 0 Å². The Morgan fingerprint density at radius 3 is 2.44 bits per heavy atom. The molecule has 1 atom stereocenters. The number of nitrogens with zero attached hydrogens (tertiary/aromatic N) is 2. The molecule has 6 nitrogen and oxygen atoms in total. The molecule has 0 aliphatic rings. The first-order valence-electron chi connectivity index (χ1n) is 8.35. The van der Waals surface area contributed by atoms with Crippen molar-refractivity contribution in [3.05, 3.63) is 41.2 Å². The number of benzene rings is 1. The van der Waals surface area contributed by atoms with Gasteiger partial charge in [-0.05, 0) is 53.7 Å². The normalized spacial score (nSPS) is 12.1. The zero-order valence-corrected chi connectivity index (χ0v) is 15.6. The fraction of sp³-hybridized carbons (Fsp3) is 0.421. The van der Waals surface area contributed by atoms with E-state index in [4.69, 9.17) is 4.74 Å². The molecular formula is C19H25N3O3. The molecule has 0 saturated heterocycles. The predicted molar refractivity (Wildman–Crippen MR) is 97.3 cm³/mol. The first-order chi connectivity index (χ1) is 11.7. The molecule has 6 heteroatoms. The standard InChI is InChI=1S/C19H25N3O3/c1-11(2)22-13(4)18(12(3)21-22)20-19(24)15(6)25-17-9-7-8-16(10-17)14(5)23/h7-11,15H,1-6H3,(H,20,24)/t15-/m1/s1. The maximum absolute atomic E-state index is 12.5. The molecule has 134 valence electrons. The Morgan fingerprint density at radius 1 is 1.20 bits per heavy atom. The van der Waals surface area contributed by atoms with Crippen LogP contribution in [0.3, 0.4) is 0 Å². The predicted octanol–water partition coefficient (Wildman–Crippen LogP) is 3.69. The largest absolute Gasteiger partial charge is 0.481 e. The molecule has 1 N–H and O–H groups in total. The first-order valence-corrected chi connectivity index (χ1v) is 8.35. The number of anilines is 1. The van der Waals surface area contributed by atoms with Crippen molar-refractivity contribution >= 4 is 17.4 Å². The fourth-order valence-corrected chi connectivity index (χ4v) is 2.62. The fourth-order valence-electron chi connectivity index (χ4n) is 2.62. The molecule has 2 rings (SSSR count). The molecule has 25 heavy (non-hydrogen) atoms. The van der Waals surface area contributed by atoms with Crippen LogP contribution in [0.1, 0.15) is 55.5 Å². The summed E-state index contributed by atoms with van der Waals surface area (Å²) in [6, 6.07) is 7.03. The molecule has 1 aromatic heterocycles. The van der Waals surface area contributed by atoms with Crippen LogP contribution in [0.4, 0.5) is 5.69 Å². The summed E-state index contributed by atoms with van der Waals surface area (Å²) in [6.07, 6.45) is -0.705. The van der Waals surface area contributed by atoms with Gasteiger partial charge in [-0.2, -0.15) is 5.10 Å². The highest BCUT2D eigenvalue weighted by Gasteiger charge is 2.20. The molecule has 0 radical (unpaired) electrons. The van der Waals surface area contributed by atoms with Crippen LogP contribution in [-0.4, -0.2) is 27.6 Å². The average Bonchev–Trinajstić information content (AvgIpc) is 2.83. The maximum Gasteiger partial charge on any atom is 0.265 e. The van der Waals surface area contributed by atoms with Crippen molar-refractivity contribution in [2.24, 2.45) is 0 Å². The second-order valence-electron chi connectivity index (χ2n) is 6.42. The molecule has 0 spiro atoms. The minimum absolute atomic E-state index is 0.0464. The van der Waals surface area contributed by atoms with Gasteiger partial charge >= 0.3 is 0 Å². The number of Topliss-reactive ketones (excluding diaryl/α,β-unsaturated/α-hetero) is 1. The molecule has 2 aromatic rings. The number of hydrogen-bond acceptors (Lipinski definition) is 4. The summed E-state index contributed by atoms with van der Waals surface area (Å²) in [6.45, 7) is 11.0. The van der Waals surface area contributed by atoms with Crippen molar-refractivity contribution in [1.82, 2.24) is 9.78 Å². The molecule has 0 fully saturated rings. The molecule has 0 aliphatic heterocycles. The second kappa shape index (κ2) is 7.51. The van der Waals surface area contributed by atoms with E-state index in [1.165, 1.54) is 6.92 Å². The highest BCUT2D eigenvalue weighted by molar-refractivity contribution is 5.95. The number of rotatable bonds is 6. The van der Waals surface area contributed by atoms with E-state index in [0.29, 0.717) is 17.0 Å². The van der Waals surface area contributed by atoms with Gasteiger partial charge in [-0.1, -0.05) is 12.1 Å². The van der Waals surface area contributed by atoms with Crippen molar-refractivity contribution in [2.75, 3.05) is 5.32 Å². The molecule has 1 heterocycles. The summed E-state index contributed by atoms with van der Waals surface area (Å²) in [5.41, 5.74) is 2.94. The van der Waals surface area contributed by atoms with Crippen molar-refractivity contribution in [3.63, 3.8) is 0 Å².